The Bertz CT molecular complexity index is 1330. The summed E-state index contributed by atoms with van der Waals surface area (Å²) in [5.74, 6) is 6.93. The summed E-state index contributed by atoms with van der Waals surface area (Å²) < 4.78 is 18.1. The predicted octanol–water partition coefficient (Wildman–Crippen LogP) is 4.35. The molecule has 2 amide bonds. The third kappa shape index (κ3) is 7.22. The molecule has 0 spiro atoms. The molecule has 2 fully saturated rings. The highest BCUT2D eigenvalue weighted by atomic mass is 16.5. The molecular weight excluding hydrogens is 508 g/mol. The van der Waals surface area contributed by atoms with Gasteiger partial charge in [0.1, 0.15) is 18.3 Å². The molecule has 1 saturated carbocycles. The largest absolute Gasteiger partial charge is 0.490 e. The van der Waals surface area contributed by atoms with E-state index in [-0.39, 0.29) is 36.0 Å². The minimum absolute atomic E-state index is 0.152. The predicted molar refractivity (Wildman–Crippen MR) is 151 cm³/mol. The molecule has 0 radical (unpaired) electrons. The van der Waals surface area contributed by atoms with Gasteiger partial charge >= 0.3 is 0 Å². The minimum atomic E-state index is -0.594. The van der Waals surface area contributed by atoms with Crippen LogP contribution in [-0.2, 0) is 9.53 Å². The Hall–Kier alpha value is -3.82. The van der Waals surface area contributed by atoms with Crippen molar-refractivity contribution < 1.29 is 23.8 Å². The van der Waals surface area contributed by atoms with E-state index in [1.807, 2.05) is 26.8 Å². The number of nitriles is 1. The highest BCUT2D eigenvalue weighted by molar-refractivity contribution is 6.03. The molecule has 1 atom stereocenters. The van der Waals surface area contributed by atoms with Gasteiger partial charge < -0.3 is 24.8 Å². The molecule has 1 aliphatic heterocycles. The van der Waals surface area contributed by atoms with Crippen LogP contribution in [0.1, 0.15) is 81.6 Å². The van der Waals surface area contributed by atoms with Crippen LogP contribution in [-0.4, -0.2) is 59.7 Å². The first-order valence-corrected chi connectivity index (χ1v) is 14.2. The van der Waals surface area contributed by atoms with Gasteiger partial charge in [-0.15, -0.1) is 0 Å². The number of fused-ring (bicyclic) bond motifs is 1. The lowest BCUT2D eigenvalue weighted by Gasteiger charge is -2.32. The van der Waals surface area contributed by atoms with Crippen molar-refractivity contribution in [1.82, 2.24) is 9.88 Å². The second-order valence-electron chi connectivity index (χ2n) is 10.7. The Labute approximate surface area is 236 Å². The second kappa shape index (κ2) is 13.5. The molecule has 2 N–H and O–H groups in total. The van der Waals surface area contributed by atoms with Crippen molar-refractivity contribution >= 4 is 22.6 Å². The molecule has 1 aromatic heterocycles. The van der Waals surface area contributed by atoms with Crippen molar-refractivity contribution in [2.24, 2.45) is 11.7 Å². The van der Waals surface area contributed by atoms with Crippen molar-refractivity contribution in [2.45, 2.75) is 84.0 Å². The number of ether oxygens (including phenoxy) is 3. The van der Waals surface area contributed by atoms with Crippen molar-refractivity contribution in [1.29, 1.82) is 5.26 Å². The average molecular weight is 547 g/mol. The van der Waals surface area contributed by atoms with E-state index in [2.05, 4.69) is 16.8 Å². The van der Waals surface area contributed by atoms with Gasteiger partial charge in [0.2, 0.25) is 11.8 Å². The number of carbonyl (C=O) groups is 2. The van der Waals surface area contributed by atoms with Crippen LogP contribution in [0, 0.1) is 29.1 Å². The van der Waals surface area contributed by atoms with Crippen LogP contribution in [0.3, 0.4) is 0 Å². The van der Waals surface area contributed by atoms with Gasteiger partial charge in [-0.05, 0) is 71.4 Å². The number of primary amides is 1. The average Bonchev–Trinajstić information content (AvgIpc) is 2.93. The maximum absolute atomic E-state index is 12.4. The van der Waals surface area contributed by atoms with Crippen molar-refractivity contribution in [2.75, 3.05) is 19.7 Å². The van der Waals surface area contributed by atoms with Crippen molar-refractivity contribution in [3.05, 3.63) is 29.5 Å². The van der Waals surface area contributed by atoms with E-state index in [0.29, 0.717) is 47.2 Å². The molecule has 9 heteroatoms. The number of piperidine rings is 1. The first-order valence-electron chi connectivity index (χ1n) is 14.2. The minimum Gasteiger partial charge on any atom is -0.490 e. The first kappa shape index (κ1) is 29.2. The molecule has 2 aliphatic rings. The number of hydrogen-bond donors (Lipinski definition) is 1. The van der Waals surface area contributed by atoms with Crippen LogP contribution in [0.2, 0.25) is 0 Å². The van der Waals surface area contributed by atoms with Gasteiger partial charge in [-0.3, -0.25) is 9.59 Å². The normalized spacial score (nSPS) is 20.9. The molecule has 1 aromatic carbocycles. The van der Waals surface area contributed by atoms with Gasteiger partial charge in [0.05, 0.1) is 35.9 Å². The van der Waals surface area contributed by atoms with E-state index in [1.165, 1.54) is 0 Å². The van der Waals surface area contributed by atoms with Gasteiger partial charge in [0, 0.05) is 36.0 Å². The Morgan fingerprint density at radius 1 is 1.15 bits per heavy atom. The number of pyridine rings is 1. The molecule has 2 heterocycles. The number of amides is 2. The topological polar surface area (TPSA) is 128 Å². The summed E-state index contributed by atoms with van der Waals surface area (Å²) >= 11 is 0. The maximum Gasteiger partial charge on any atom is 0.252 e. The molecule has 0 bridgehead atoms. The van der Waals surface area contributed by atoms with E-state index in [4.69, 9.17) is 25.2 Å². The smallest absolute Gasteiger partial charge is 0.252 e. The summed E-state index contributed by atoms with van der Waals surface area (Å²) in [7, 11) is 0. The molecule has 212 valence electrons. The van der Waals surface area contributed by atoms with E-state index >= 15 is 0 Å². The molecule has 1 aliphatic carbocycles. The quantitative estimate of drug-likeness (QED) is 0.488. The standard InChI is InChI=1S/C31H38N4O5/c1-4-38-23-11-8-21(9-12-23)7-10-22-18-34-31(40-24-6-5-15-35(19-24)29(36)13-14-32)26-17-28(39-20(2)3)27(30(33)37)16-25(22)26/h16-18,20-21,23-24H,4-6,8-9,11-13,15,19H2,1-3H3,(H2,33,37)/t21?,23?,24-/m1/s1. The lowest BCUT2D eigenvalue weighted by Crippen LogP contribution is -2.44. The van der Waals surface area contributed by atoms with E-state index < -0.39 is 5.91 Å². The van der Waals surface area contributed by atoms with Crippen LogP contribution >= 0.6 is 0 Å². The zero-order valence-electron chi connectivity index (χ0n) is 23.6. The molecule has 4 rings (SSSR count). The van der Waals surface area contributed by atoms with Gasteiger partial charge in [0.25, 0.3) is 5.91 Å². The van der Waals surface area contributed by atoms with Gasteiger partial charge in [-0.25, -0.2) is 4.98 Å². The summed E-state index contributed by atoms with van der Waals surface area (Å²) in [6.45, 7) is 7.48. The molecule has 0 unspecified atom stereocenters. The van der Waals surface area contributed by atoms with Crippen LogP contribution < -0.4 is 15.2 Å². The maximum atomic E-state index is 12.4. The second-order valence-corrected chi connectivity index (χ2v) is 10.7. The molecule has 2 aromatic rings. The fourth-order valence-corrected chi connectivity index (χ4v) is 5.37. The summed E-state index contributed by atoms with van der Waals surface area (Å²) in [4.78, 5) is 31.0. The zero-order valence-corrected chi connectivity index (χ0v) is 23.6. The number of benzene rings is 1. The fraction of sp³-hybridized carbons (Fsp3) is 0.548. The lowest BCUT2D eigenvalue weighted by molar-refractivity contribution is -0.132. The van der Waals surface area contributed by atoms with Crippen molar-refractivity contribution in [3.8, 4) is 29.5 Å². The third-order valence-electron chi connectivity index (χ3n) is 7.31. The summed E-state index contributed by atoms with van der Waals surface area (Å²) in [5, 5.41) is 10.3. The molecule has 1 saturated heterocycles. The van der Waals surface area contributed by atoms with Gasteiger partial charge in [-0.2, -0.15) is 5.26 Å². The third-order valence-corrected chi connectivity index (χ3v) is 7.31. The van der Waals surface area contributed by atoms with Crippen LogP contribution in [0.15, 0.2) is 18.3 Å². The van der Waals surface area contributed by atoms with Crippen LogP contribution in [0.5, 0.6) is 11.6 Å². The monoisotopic (exact) mass is 546 g/mol. The van der Waals surface area contributed by atoms with E-state index in [9.17, 15) is 9.59 Å². The molecular formula is C31H38N4O5. The van der Waals surface area contributed by atoms with Crippen LogP contribution in [0.25, 0.3) is 10.8 Å². The Morgan fingerprint density at radius 3 is 2.60 bits per heavy atom. The highest BCUT2D eigenvalue weighted by Crippen LogP contribution is 2.35. The van der Waals surface area contributed by atoms with Crippen molar-refractivity contribution in [3.63, 3.8) is 0 Å². The Kier molecular flexibility index (Phi) is 9.84. The molecule has 40 heavy (non-hydrogen) atoms. The Morgan fingerprint density at radius 2 is 1.93 bits per heavy atom. The number of nitrogens with two attached hydrogens (primary N) is 1. The van der Waals surface area contributed by atoms with Gasteiger partial charge in [0.15, 0.2) is 0 Å². The highest BCUT2D eigenvalue weighted by Gasteiger charge is 2.26. The fourth-order valence-electron chi connectivity index (χ4n) is 5.37. The lowest BCUT2D eigenvalue weighted by atomic mass is 9.87. The Balaban J connectivity index is 1.68. The summed E-state index contributed by atoms with van der Waals surface area (Å²) in [5.41, 5.74) is 6.69. The van der Waals surface area contributed by atoms with Crippen LogP contribution in [0.4, 0.5) is 0 Å². The molecule has 9 nitrogen and oxygen atoms in total. The number of carbonyl (C=O) groups excluding carboxylic acids is 2. The number of likely N-dealkylation sites (tertiary alicyclic amines) is 1. The van der Waals surface area contributed by atoms with E-state index in [1.54, 1.807) is 23.2 Å². The summed E-state index contributed by atoms with van der Waals surface area (Å²) in [6, 6.07) is 5.38. The number of nitrogens with zero attached hydrogens (tertiary/aromatic N) is 3. The van der Waals surface area contributed by atoms with E-state index in [0.717, 1.165) is 45.1 Å². The first-order chi connectivity index (χ1) is 19.3. The zero-order chi connectivity index (χ0) is 28.6. The summed E-state index contributed by atoms with van der Waals surface area (Å²) in [6.07, 6.45) is 6.83. The van der Waals surface area contributed by atoms with Gasteiger partial charge in [-0.1, -0.05) is 11.8 Å². The number of rotatable bonds is 8. The number of hydrogen-bond acceptors (Lipinski definition) is 7. The SMILES string of the molecule is CCOC1CCC(C#Cc2cnc(O[C@@H]3CCCN(C(=O)CC#N)C3)c3cc(OC(C)C)c(C(N)=O)cc23)CC1. The number of aromatic nitrogens is 1.